The molecule has 0 fully saturated rings. The Kier molecular flexibility index (Phi) is 6.89. The number of halogens is 1. The van der Waals surface area contributed by atoms with Crippen molar-refractivity contribution in [3.63, 3.8) is 0 Å². The molecule has 5 aromatic rings. The number of amides is 1. The first-order chi connectivity index (χ1) is 17.1. The highest BCUT2D eigenvalue weighted by Gasteiger charge is 2.18. The summed E-state index contributed by atoms with van der Waals surface area (Å²) < 4.78 is 1.95. The molecule has 7 nitrogen and oxygen atoms in total. The second-order valence-electron chi connectivity index (χ2n) is 7.60. The van der Waals surface area contributed by atoms with Crippen LogP contribution in [-0.2, 0) is 5.75 Å². The van der Waals surface area contributed by atoms with Gasteiger partial charge in [0, 0.05) is 34.0 Å². The molecule has 0 atom stereocenters. The number of benzene rings is 2. The molecule has 5 rings (SSSR count). The Labute approximate surface area is 215 Å². The van der Waals surface area contributed by atoms with Crippen LogP contribution in [0.4, 0.5) is 5.69 Å². The topological polar surface area (TPSA) is 85.6 Å². The SMILES string of the molecule is Cc1ccc(NC(=O)c2csc(CSc3nnc(-c4cccnc4)n3-c3cccc(Cl)c3)n2)cc1. The number of aryl methyl sites for hydroxylation is 1. The number of hydrogen-bond acceptors (Lipinski definition) is 7. The number of hydrogen-bond donors (Lipinski definition) is 1. The minimum atomic E-state index is -0.234. The van der Waals surface area contributed by atoms with Crippen LogP contribution in [-0.4, -0.2) is 30.6 Å². The van der Waals surface area contributed by atoms with Crippen LogP contribution >= 0.6 is 34.7 Å². The number of pyridine rings is 1. The van der Waals surface area contributed by atoms with E-state index in [0.717, 1.165) is 27.5 Å². The van der Waals surface area contributed by atoms with Crippen LogP contribution in [0.15, 0.2) is 83.6 Å². The minimum absolute atomic E-state index is 0.234. The third kappa shape index (κ3) is 5.43. The van der Waals surface area contributed by atoms with E-state index in [-0.39, 0.29) is 5.91 Å². The van der Waals surface area contributed by atoms with E-state index in [1.807, 2.05) is 72.2 Å². The Balaban J connectivity index is 1.36. The molecule has 1 N–H and O–H groups in total. The molecule has 0 bridgehead atoms. The molecule has 1 amide bonds. The molecule has 0 spiro atoms. The summed E-state index contributed by atoms with van der Waals surface area (Å²) in [6.45, 7) is 2.00. The predicted octanol–water partition coefficient (Wildman–Crippen LogP) is 6.29. The van der Waals surface area contributed by atoms with E-state index < -0.39 is 0 Å². The quantitative estimate of drug-likeness (QED) is 0.255. The average molecular weight is 519 g/mol. The van der Waals surface area contributed by atoms with Gasteiger partial charge >= 0.3 is 0 Å². The van der Waals surface area contributed by atoms with Crippen LogP contribution in [0.3, 0.4) is 0 Å². The Morgan fingerprint density at radius 1 is 1.11 bits per heavy atom. The molecular formula is C25H19ClN6OS2. The first kappa shape index (κ1) is 23.2. The van der Waals surface area contributed by atoms with E-state index in [1.165, 1.54) is 23.1 Å². The molecule has 3 heterocycles. The Hall–Kier alpha value is -3.53. The number of thioether (sulfide) groups is 1. The number of rotatable bonds is 7. The van der Waals surface area contributed by atoms with Gasteiger partial charge in [-0.3, -0.25) is 14.3 Å². The van der Waals surface area contributed by atoms with Gasteiger partial charge in [0.15, 0.2) is 11.0 Å². The lowest BCUT2D eigenvalue weighted by Crippen LogP contribution is -2.12. The first-order valence-electron chi connectivity index (χ1n) is 10.6. The number of anilines is 1. The van der Waals surface area contributed by atoms with Gasteiger partial charge in [0.25, 0.3) is 5.91 Å². The lowest BCUT2D eigenvalue weighted by molar-refractivity contribution is 0.102. The minimum Gasteiger partial charge on any atom is -0.321 e. The third-order valence-electron chi connectivity index (χ3n) is 5.04. The van der Waals surface area contributed by atoms with Gasteiger partial charge in [-0.15, -0.1) is 21.5 Å². The summed E-state index contributed by atoms with van der Waals surface area (Å²) in [5.74, 6) is 0.969. The zero-order chi connectivity index (χ0) is 24.2. The molecule has 0 unspecified atom stereocenters. The molecule has 0 radical (unpaired) electrons. The van der Waals surface area contributed by atoms with Crippen molar-refractivity contribution in [2.24, 2.45) is 0 Å². The van der Waals surface area contributed by atoms with Crippen LogP contribution in [0.5, 0.6) is 0 Å². The molecule has 0 saturated heterocycles. The van der Waals surface area contributed by atoms with E-state index in [2.05, 4.69) is 25.5 Å². The van der Waals surface area contributed by atoms with E-state index in [4.69, 9.17) is 11.6 Å². The van der Waals surface area contributed by atoms with Crippen LogP contribution in [0.25, 0.3) is 17.1 Å². The number of thiazole rings is 1. The van der Waals surface area contributed by atoms with Gasteiger partial charge in [-0.25, -0.2) is 4.98 Å². The standard InChI is InChI=1S/C25H19ClN6OS2/c1-16-7-9-19(10-8-16)28-24(33)21-14-34-22(29-21)15-35-25-31-30-23(17-4-3-11-27-13-17)32(25)20-6-2-5-18(26)12-20/h2-14H,15H2,1H3,(H,28,33). The second-order valence-corrected chi connectivity index (χ2v) is 9.92. The van der Waals surface area contributed by atoms with Crippen molar-refractivity contribution in [3.05, 3.63) is 99.7 Å². The van der Waals surface area contributed by atoms with Crippen molar-refractivity contribution < 1.29 is 4.79 Å². The van der Waals surface area contributed by atoms with Gasteiger partial charge in [0.05, 0.1) is 11.4 Å². The highest BCUT2D eigenvalue weighted by Crippen LogP contribution is 2.31. The van der Waals surface area contributed by atoms with Gasteiger partial charge in [-0.2, -0.15) is 0 Å². The monoisotopic (exact) mass is 518 g/mol. The van der Waals surface area contributed by atoms with Crippen LogP contribution in [0.1, 0.15) is 21.1 Å². The maximum Gasteiger partial charge on any atom is 0.275 e. The van der Waals surface area contributed by atoms with Crippen molar-refractivity contribution in [3.8, 4) is 17.1 Å². The van der Waals surface area contributed by atoms with E-state index in [9.17, 15) is 4.79 Å². The Morgan fingerprint density at radius 3 is 2.74 bits per heavy atom. The number of carbonyl (C=O) groups is 1. The molecule has 3 aromatic heterocycles. The van der Waals surface area contributed by atoms with Crippen molar-refractivity contribution in [2.45, 2.75) is 17.8 Å². The normalized spacial score (nSPS) is 10.9. The Morgan fingerprint density at radius 2 is 1.97 bits per heavy atom. The maximum absolute atomic E-state index is 12.6. The molecule has 0 aliphatic heterocycles. The van der Waals surface area contributed by atoms with Crippen molar-refractivity contribution in [2.75, 3.05) is 5.32 Å². The van der Waals surface area contributed by atoms with Crippen molar-refractivity contribution >= 4 is 46.3 Å². The molecule has 35 heavy (non-hydrogen) atoms. The highest BCUT2D eigenvalue weighted by molar-refractivity contribution is 7.98. The summed E-state index contributed by atoms with van der Waals surface area (Å²) >= 11 is 9.19. The van der Waals surface area contributed by atoms with Gasteiger partial charge in [-0.05, 0) is 49.4 Å². The fraction of sp³-hybridized carbons (Fsp3) is 0.0800. The van der Waals surface area contributed by atoms with E-state index in [1.54, 1.807) is 17.8 Å². The molecule has 0 saturated carbocycles. The lowest BCUT2D eigenvalue weighted by atomic mass is 10.2. The zero-order valence-corrected chi connectivity index (χ0v) is 20.9. The number of nitrogens with zero attached hydrogens (tertiary/aromatic N) is 5. The second kappa shape index (κ2) is 10.4. The summed E-state index contributed by atoms with van der Waals surface area (Å²) in [5, 5.41) is 15.6. The molecule has 2 aromatic carbocycles. The maximum atomic E-state index is 12.6. The number of carbonyl (C=O) groups excluding carboxylic acids is 1. The molecular weight excluding hydrogens is 500 g/mol. The summed E-state index contributed by atoms with van der Waals surface area (Å²) in [5.41, 5.74) is 3.95. The highest BCUT2D eigenvalue weighted by atomic mass is 35.5. The van der Waals surface area contributed by atoms with Crippen LogP contribution in [0.2, 0.25) is 5.02 Å². The van der Waals surface area contributed by atoms with Gasteiger partial charge in [0.2, 0.25) is 0 Å². The Bertz CT molecular complexity index is 1470. The average Bonchev–Trinajstić information content (AvgIpc) is 3.52. The van der Waals surface area contributed by atoms with E-state index >= 15 is 0 Å². The van der Waals surface area contributed by atoms with Crippen LogP contribution < -0.4 is 5.32 Å². The number of nitrogens with one attached hydrogen (secondary N) is 1. The molecule has 0 aliphatic carbocycles. The third-order valence-corrected chi connectivity index (χ3v) is 7.24. The fourth-order valence-electron chi connectivity index (χ4n) is 3.33. The van der Waals surface area contributed by atoms with Gasteiger partial charge < -0.3 is 5.32 Å². The van der Waals surface area contributed by atoms with Crippen LogP contribution in [0, 0.1) is 6.92 Å². The molecule has 174 valence electrons. The first-order valence-corrected chi connectivity index (χ1v) is 12.9. The van der Waals surface area contributed by atoms with Crippen molar-refractivity contribution in [1.29, 1.82) is 0 Å². The summed E-state index contributed by atoms with van der Waals surface area (Å²) in [4.78, 5) is 21.3. The summed E-state index contributed by atoms with van der Waals surface area (Å²) in [6.07, 6.45) is 3.47. The predicted molar refractivity (Wildman–Crippen MR) is 140 cm³/mol. The van der Waals surface area contributed by atoms with E-state index in [0.29, 0.717) is 27.5 Å². The molecule has 0 aliphatic rings. The lowest BCUT2D eigenvalue weighted by Gasteiger charge is -2.10. The fourth-order valence-corrected chi connectivity index (χ4v) is 5.26. The summed E-state index contributed by atoms with van der Waals surface area (Å²) in [6, 6.07) is 19.0. The smallest absolute Gasteiger partial charge is 0.275 e. The summed E-state index contributed by atoms with van der Waals surface area (Å²) in [7, 11) is 0. The van der Waals surface area contributed by atoms with Crippen molar-refractivity contribution in [1.82, 2.24) is 24.7 Å². The molecule has 10 heteroatoms. The van der Waals surface area contributed by atoms with Gasteiger partial charge in [0.1, 0.15) is 10.7 Å². The largest absolute Gasteiger partial charge is 0.321 e. The van der Waals surface area contributed by atoms with Gasteiger partial charge in [-0.1, -0.05) is 47.1 Å². The number of aromatic nitrogens is 5. The zero-order valence-electron chi connectivity index (χ0n) is 18.6.